The fourth-order valence-electron chi connectivity index (χ4n) is 4.43. The zero-order valence-electron chi connectivity index (χ0n) is 20.5. The summed E-state index contributed by atoms with van der Waals surface area (Å²) >= 11 is 1.59. The maximum atomic E-state index is 4.64. The Morgan fingerprint density at radius 1 is 1.00 bits per heavy atom. The molecule has 3 heterocycles. The second-order valence-electron chi connectivity index (χ2n) is 9.16. The number of nitrogens with zero attached hydrogens (tertiary/aromatic N) is 5. The van der Waals surface area contributed by atoms with E-state index in [-0.39, 0.29) is 0 Å². The molecule has 0 amide bonds. The van der Waals surface area contributed by atoms with E-state index in [4.69, 9.17) is 0 Å². The number of benzene rings is 1. The molecule has 0 bridgehead atoms. The van der Waals surface area contributed by atoms with Crippen molar-refractivity contribution in [2.75, 3.05) is 43.4 Å². The van der Waals surface area contributed by atoms with Crippen molar-refractivity contribution in [2.45, 2.75) is 25.8 Å². The van der Waals surface area contributed by atoms with E-state index < -0.39 is 0 Å². The topological polar surface area (TPSA) is 56.7 Å². The minimum Gasteiger partial charge on any atom is -0.354 e. The van der Waals surface area contributed by atoms with Gasteiger partial charge in [-0.2, -0.15) is 0 Å². The molecule has 1 aliphatic carbocycles. The van der Waals surface area contributed by atoms with E-state index in [1.165, 1.54) is 12.8 Å². The van der Waals surface area contributed by atoms with Crippen molar-refractivity contribution in [3.63, 3.8) is 0 Å². The predicted octanol–water partition coefficient (Wildman–Crippen LogP) is 5.75. The van der Waals surface area contributed by atoms with Gasteiger partial charge in [0.15, 0.2) is 0 Å². The summed E-state index contributed by atoms with van der Waals surface area (Å²) in [6.45, 7) is 14.8. The van der Waals surface area contributed by atoms with E-state index in [9.17, 15) is 0 Å². The molecule has 0 atom stereocenters. The van der Waals surface area contributed by atoms with Crippen molar-refractivity contribution in [2.24, 2.45) is 4.99 Å². The molecule has 6 nitrogen and oxygen atoms in total. The second kappa shape index (κ2) is 10.2. The van der Waals surface area contributed by atoms with Gasteiger partial charge < -0.3 is 10.2 Å². The largest absolute Gasteiger partial charge is 0.354 e. The van der Waals surface area contributed by atoms with Crippen molar-refractivity contribution in [3.05, 3.63) is 73.1 Å². The third-order valence-corrected chi connectivity index (χ3v) is 7.66. The monoisotopic (exact) mass is 484 g/mol. The summed E-state index contributed by atoms with van der Waals surface area (Å²) in [5.41, 5.74) is 2.92. The van der Waals surface area contributed by atoms with Crippen molar-refractivity contribution in [3.8, 4) is 0 Å². The Labute approximate surface area is 211 Å². The van der Waals surface area contributed by atoms with Crippen LogP contribution in [0.2, 0.25) is 0 Å². The third-order valence-electron chi connectivity index (χ3n) is 6.70. The van der Waals surface area contributed by atoms with Crippen LogP contribution in [0, 0.1) is 0 Å². The minimum atomic E-state index is 0.764. The molecule has 1 N–H and O–H groups in total. The van der Waals surface area contributed by atoms with Gasteiger partial charge in [-0.3, -0.25) is 9.89 Å². The van der Waals surface area contributed by atoms with Crippen molar-refractivity contribution in [1.82, 2.24) is 14.9 Å². The molecule has 2 aromatic heterocycles. The van der Waals surface area contributed by atoms with Crippen LogP contribution in [0.25, 0.3) is 21.4 Å². The lowest BCUT2D eigenvalue weighted by Crippen LogP contribution is -2.47. The number of piperazine rings is 1. The maximum Gasteiger partial charge on any atom is 0.130 e. The Morgan fingerprint density at radius 2 is 1.80 bits per heavy atom. The maximum absolute atomic E-state index is 4.64. The molecule has 5 rings (SSSR count). The zero-order chi connectivity index (χ0) is 24.4. The average molecular weight is 485 g/mol. The summed E-state index contributed by atoms with van der Waals surface area (Å²) < 4.78 is 0. The number of aromatic nitrogens is 2. The quantitative estimate of drug-likeness (QED) is 0.340. The first-order valence-electron chi connectivity index (χ1n) is 12.1. The Hall–Kier alpha value is -3.16. The summed E-state index contributed by atoms with van der Waals surface area (Å²) in [6, 6.07) is 13.3. The average Bonchev–Trinajstić information content (AvgIpc) is 3.74. The van der Waals surface area contributed by atoms with E-state index >= 15 is 0 Å². The number of fused-ring (bicyclic) bond motifs is 1. The number of aliphatic imine (C=N–C) groups is 1. The number of anilines is 2. The highest BCUT2D eigenvalue weighted by molar-refractivity contribution is 8.21. The summed E-state index contributed by atoms with van der Waals surface area (Å²) in [6.07, 6.45) is 6.49. The van der Waals surface area contributed by atoms with Crippen LogP contribution < -0.4 is 10.2 Å². The Morgan fingerprint density at radius 3 is 2.54 bits per heavy atom. The number of hydrogen-bond donors (Lipinski definition) is 1. The number of thioether (sulfide) groups is 1. The summed E-state index contributed by atoms with van der Waals surface area (Å²) in [5.74, 6) is 1.78. The number of pyridine rings is 2. The fourth-order valence-corrected chi connectivity index (χ4v) is 5.12. The molecular weight excluding hydrogens is 452 g/mol. The second-order valence-corrected chi connectivity index (χ2v) is 10.4. The van der Waals surface area contributed by atoms with Crippen LogP contribution in [0.15, 0.2) is 66.9 Å². The molecule has 180 valence electrons. The molecule has 2 aliphatic rings. The van der Waals surface area contributed by atoms with E-state index in [0.29, 0.717) is 0 Å². The van der Waals surface area contributed by atoms with Gasteiger partial charge in [0.05, 0.1) is 5.04 Å². The minimum absolute atomic E-state index is 0.764. The fraction of sp³-hybridized carbons (Fsp3) is 0.321. The van der Waals surface area contributed by atoms with E-state index in [1.54, 1.807) is 18.8 Å². The normalized spacial score (nSPS) is 17.0. The zero-order valence-corrected chi connectivity index (χ0v) is 21.3. The molecule has 1 aromatic carbocycles. The summed E-state index contributed by atoms with van der Waals surface area (Å²) in [4.78, 5) is 19.4. The van der Waals surface area contributed by atoms with Gasteiger partial charge in [0, 0.05) is 73.2 Å². The highest BCUT2D eigenvalue weighted by Crippen LogP contribution is 2.31. The third kappa shape index (κ3) is 5.57. The van der Waals surface area contributed by atoms with Crippen LogP contribution in [0.1, 0.15) is 30.9 Å². The van der Waals surface area contributed by atoms with Gasteiger partial charge in [0.1, 0.15) is 11.6 Å². The van der Waals surface area contributed by atoms with Crippen molar-refractivity contribution < 1.29 is 0 Å². The van der Waals surface area contributed by atoms with Crippen LogP contribution in [-0.2, 0) is 0 Å². The van der Waals surface area contributed by atoms with Gasteiger partial charge in [-0.25, -0.2) is 9.97 Å². The van der Waals surface area contributed by atoms with Gasteiger partial charge >= 0.3 is 0 Å². The molecule has 1 saturated carbocycles. The van der Waals surface area contributed by atoms with Crippen LogP contribution in [-0.4, -0.2) is 59.2 Å². The Bertz CT molecular complexity index is 1290. The molecule has 3 aromatic rings. The van der Waals surface area contributed by atoms with Gasteiger partial charge in [-0.1, -0.05) is 37.1 Å². The number of rotatable bonds is 7. The molecule has 0 spiro atoms. The van der Waals surface area contributed by atoms with Gasteiger partial charge in [-0.05, 0) is 55.0 Å². The van der Waals surface area contributed by atoms with Gasteiger partial charge in [-0.15, -0.1) is 0 Å². The lowest BCUT2D eigenvalue weighted by Gasteiger charge is -2.35. The first kappa shape index (κ1) is 23.6. The predicted molar refractivity (Wildman–Crippen MR) is 151 cm³/mol. The Balaban J connectivity index is 1.28. The standard InChI is InChI=1S/C28H32N6S/c1-19(22-9-10-30-28(17-22)34-13-11-33(12-14-34)26-7-8-26)32-27-16-25-15-23(5-6-24(25)18-31-27)20(2)35-21(3)29-4/h5-6,9-10,15-18,26H,1-2,7-8,11-14H2,3-4H3,(H,31,32). The van der Waals surface area contributed by atoms with Crippen LogP contribution >= 0.6 is 11.8 Å². The highest BCUT2D eigenvalue weighted by Gasteiger charge is 2.31. The molecule has 0 unspecified atom stereocenters. The van der Waals surface area contributed by atoms with Gasteiger partial charge in [0.25, 0.3) is 0 Å². The van der Waals surface area contributed by atoms with Crippen LogP contribution in [0.4, 0.5) is 11.6 Å². The summed E-state index contributed by atoms with van der Waals surface area (Å²) in [5, 5.41) is 6.57. The molecule has 1 aliphatic heterocycles. The van der Waals surface area contributed by atoms with Crippen LogP contribution in [0.5, 0.6) is 0 Å². The summed E-state index contributed by atoms with van der Waals surface area (Å²) in [7, 11) is 1.80. The molecule has 1 saturated heterocycles. The lowest BCUT2D eigenvalue weighted by atomic mass is 10.1. The molecule has 0 radical (unpaired) electrons. The highest BCUT2D eigenvalue weighted by atomic mass is 32.2. The van der Waals surface area contributed by atoms with E-state index in [1.807, 2.05) is 25.4 Å². The van der Waals surface area contributed by atoms with Crippen molar-refractivity contribution in [1.29, 1.82) is 0 Å². The van der Waals surface area contributed by atoms with E-state index in [2.05, 4.69) is 73.6 Å². The van der Waals surface area contributed by atoms with E-state index in [0.717, 1.165) is 81.4 Å². The number of nitrogens with one attached hydrogen (secondary N) is 1. The van der Waals surface area contributed by atoms with Crippen molar-refractivity contribution >= 4 is 49.8 Å². The lowest BCUT2D eigenvalue weighted by molar-refractivity contribution is 0.247. The smallest absolute Gasteiger partial charge is 0.130 e. The molecule has 2 fully saturated rings. The SMILES string of the molecule is C=C(Nc1cc2cc(C(=C)SC(C)=NC)ccc2cn1)c1ccnc(N2CCN(C3CC3)CC2)c1. The molecule has 7 heteroatoms. The molecule has 35 heavy (non-hydrogen) atoms. The molecular formula is C28H32N6S. The first-order chi connectivity index (χ1) is 17.0. The number of hydrogen-bond acceptors (Lipinski definition) is 7. The first-order valence-corrected chi connectivity index (χ1v) is 12.9. The Kier molecular flexibility index (Phi) is 6.88. The van der Waals surface area contributed by atoms with Gasteiger partial charge in [0.2, 0.25) is 0 Å². The van der Waals surface area contributed by atoms with Crippen LogP contribution in [0.3, 0.4) is 0 Å².